The number of halogens is 1. The highest BCUT2D eigenvalue weighted by Crippen LogP contribution is 2.00. The van der Waals surface area contributed by atoms with Crippen LogP contribution in [0.5, 0.6) is 0 Å². The third kappa shape index (κ3) is 4.03. The Morgan fingerprint density at radius 3 is 2.57 bits per heavy atom. The molecule has 0 aliphatic carbocycles. The maximum absolute atomic E-state index is 12.5. The third-order valence-corrected chi connectivity index (χ3v) is 1.55. The van der Waals surface area contributed by atoms with Crippen LogP contribution in [-0.4, -0.2) is 12.8 Å². The molecule has 14 heavy (non-hydrogen) atoms. The summed E-state index contributed by atoms with van der Waals surface area (Å²) < 4.78 is 12.5. The van der Waals surface area contributed by atoms with Gasteiger partial charge in [0, 0.05) is 0 Å². The standard InChI is InChI=1S/C11H14FNO/c1-9(2)8-14-13-7-10-3-5-11(12)6-4-10/h3-7,9H,8H2,1-2H3/b13-7+. The summed E-state index contributed by atoms with van der Waals surface area (Å²) in [4.78, 5) is 5.00. The fourth-order valence-corrected chi connectivity index (χ4v) is 0.839. The Morgan fingerprint density at radius 2 is 2.00 bits per heavy atom. The van der Waals surface area contributed by atoms with Crippen LogP contribution in [0.2, 0.25) is 0 Å². The second kappa shape index (κ2) is 5.37. The number of nitrogens with zero attached hydrogens (tertiary/aromatic N) is 1. The van der Waals surface area contributed by atoms with Gasteiger partial charge in [0.25, 0.3) is 0 Å². The smallest absolute Gasteiger partial charge is 0.123 e. The van der Waals surface area contributed by atoms with E-state index in [4.69, 9.17) is 4.84 Å². The van der Waals surface area contributed by atoms with Gasteiger partial charge in [-0.3, -0.25) is 0 Å². The lowest BCUT2D eigenvalue weighted by Gasteiger charge is -2.00. The van der Waals surface area contributed by atoms with Gasteiger partial charge in [-0.05, 0) is 23.6 Å². The molecule has 0 radical (unpaired) electrons. The van der Waals surface area contributed by atoms with E-state index in [0.29, 0.717) is 12.5 Å². The van der Waals surface area contributed by atoms with Gasteiger partial charge in [0.1, 0.15) is 12.4 Å². The van der Waals surface area contributed by atoms with Gasteiger partial charge in [-0.2, -0.15) is 0 Å². The molecule has 0 bridgehead atoms. The van der Waals surface area contributed by atoms with Gasteiger partial charge >= 0.3 is 0 Å². The van der Waals surface area contributed by atoms with Gasteiger partial charge in [-0.1, -0.05) is 31.1 Å². The quantitative estimate of drug-likeness (QED) is 0.534. The van der Waals surface area contributed by atoms with Crippen LogP contribution in [0.15, 0.2) is 29.4 Å². The van der Waals surface area contributed by atoms with Gasteiger partial charge in [0.2, 0.25) is 0 Å². The Bertz CT molecular complexity index is 293. The van der Waals surface area contributed by atoms with Crippen molar-refractivity contribution in [2.75, 3.05) is 6.61 Å². The van der Waals surface area contributed by atoms with Crippen LogP contribution in [0.3, 0.4) is 0 Å². The zero-order valence-corrected chi connectivity index (χ0v) is 8.40. The molecule has 0 aliphatic rings. The highest BCUT2D eigenvalue weighted by atomic mass is 19.1. The predicted molar refractivity (Wildman–Crippen MR) is 54.8 cm³/mol. The first-order valence-corrected chi connectivity index (χ1v) is 4.59. The van der Waals surface area contributed by atoms with Crippen LogP contribution < -0.4 is 0 Å². The Kier molecular flexibility index (Phi) is 4.11. The van der Waals surface area contributed by atoms with E-state index in [0.717, 1.165) is 5.56 Å². The molecule has 0 aliphatic heterocycles. The number of hydrogen-bond acceptors (Lipinski definition) is 2. The van der Waals surface area contributed by atoms with E-state index in [1.54, 1.807) is 18.3 Å². The van der Waals surface area contributed by atoms with E-state index in [1.807, 2.05) is 13.8 Å². The number of oxime groups is 1. The molecule has 1 rings (SSSR count). The van der Waals surface area contributed by atoms with Crippen LogP contribution in [0.25, 0.3) is 0 Å². The largest absolute Gasteiger partial charge is 0.396 e. The van der Waals surface area contributed by atoms with E-state index in [9.17, 15) is 4.39 Å². The van der Waals surface area contributed by atoms with E-state index in [1.165, 1.54) is 12.1 Å². The second-order valence-corrected chi connectivity index (χ2v) is 3.48. The molecule has 0 N–H and O–H groups in total. The lowest BCUT2D eigenvalue weighted by molar-refractivity contribution is 0.120. The van der Waals surface area contributed by atoms with E-state index >= 15 is 0 Å². The van der Waals surface area contributed by atoms with Crippen molar-refractivity contribution in [1.82, 2.24) is 0 Å². The van der Waals surface area contributed by atoms with Crippen LogP contribution in [0, 0.1) is 11.7 Å². The first-order chi connectivity index (χ1) is 6.68. The first-order valence-electron chi connectivity index (χ1n) is 4.59. The van der Waals surface area contributed by atoms with Crippen molar-refractivity contribution in [2.24, 2.45) is 11.1 Å². The number of benzene rings is 1. The summed E-state index contributed by atoms with van der Waals surface area (Å²) in [5.74, 6) is 0.214. The van der Waals surface area contributed by atoms with Crippen LogP contribution in [0.1, 0.15) is 19.4 Å². The predicted octanol–water partition coefficient (Wildman–Crippen LogP) is 2.83. The molecule has 0 unspecified atom stereocenters. The zero-order chi connectivity index (χ0) is 10.4. The van der Waals surface area contributed by atoms with E-state index < -0.39 is 0 Å². The molecule has 0 heterocycles. The van der Waals surface area contributed by atoms with E-state index in [-0.39, 0.29) is 5.82 Å². The third-order valence-electron chi connectivity index (χ3n) is 1.55. The summed E-state index contributed by atoms with van der Waals surface area (Å²) in [7, 11) is 0. The molecule has 1 aromatic carbocycles. The van der Waals surface area contributed by atoms with Crippen LogP contribution in [-0.2, 0) is 4.84 Å². The Labute approximate surface area is 83.4 Å². The second-order valence-electron chi connectivity index (χ2n) is 3.48. The summed E-state index contributed by atoms with van der Waals surface area (Å²) >= 11 is 0. The van der Waals surface area contributed by atoms with Gasteiger partial charge in [0.15, 0.2) is 0 Å². The highest BCUT2D eigenvalue weighted by molar-refractivity contribution is 5.78. The Hall–Kier alpha value is -1.38. The summed E-state index contributed by atoms with van der Waals surface area (Å²) in [5, 5.41) is 3.76. The molecule has 0 aromatic heterocycles. The molecule has 0 atom stereocenters. The molecule has 0 fully saturated rings. The molecule has 3 heteroatoms. The average Bonchev–Trinajstić information content (AvgIpc) is 2.15. The zero-order valence-electron chi connectivity index (χ0n) is 8.40. The molecule has 2 nitrogen and oxygen atoms in total. The van der Waals surface area contributed by atoms with Crippen molar-refractivity contribution < 1.29 is 9.23 Å². The minimum absolute atomic E-state index is 0.245. The molecule has 76 valence electrons. The number of hydrogen-bond donors (Lipinski definition) is 0. The van der Waals surface area contributed by atoms with Gasteiger partial charge in [-0.25, -0.2) is 4.39 Å². The Balaban J connectivity index is 2.40. The average molecular weight is 195 g/mol. The fourth-order valence-electron chi connectivity index (χ4n) is 0.839. The van der Waals surface area contributed by atoms with E-state index in [2.05, 4.69) is 5.16 Å². The minimum Gasteiger partial charge on any atom is -0.396 e. The topological polar surface area (TPSA) is 21.6 Å². The lowest BCUT2D eigenvalue weighted by Crippen LogP contribution is -1.97. The monoisotopic (exact) mass is 195 g/mol. The normalized spacial score (nSPS) is 11.1. The summed E-state index contributed by atoms with van der Waals surface area (Å²) in [6, 6.07) is 6.09. The molecule has 0 saturated carbocycles. The maximum atomic E-state index is 12.5. The fraction of sp³-hybridized carbons (Fsp3) is 0.364. The highest BCUT2D eigenvalue weighted by Gasteiger charge is 1.92. The van der Waals surface area contributed by atoms with Crippen molar-refractivity contribution in [3.8, 4) is 0 Å². The molecule has 1 aromatic rings. The van der Waals surface area contributed by atoms with Crippen molar-refractivity contribution in [3.05, 3.63) is 35.6 Å². The molecular weight excluding hydrogens is 181 g/mol. The summed E-state index contributed by atoms with van der Waals surface area (Å²) in [6.07, 6.45) is 1.57. The Morgan fingerprint density at radius 1 is 1.36 bits per heavy atom. The van der Waals surface area contributed by atoms with Crippen molar-refractivity contribution in [2.45, 2.75) is 13.8 Å². The van der Waals surface area contributed by atoms with Crippen molar-refractivity contribution in [3.63, 3.8) is 0 Å². The SMILES string of the molecule is CC(C)CO/N=C/c1ccc(F)cc1. The lowest BCUT2D eigenvalue weighted by atomic mass is 10.2. The van der Waals surface area contributed by atoms with Crippen molar-refractivity contribution >= 4 is 6.21 Å². The molecule has 0 spiro atoms. The van der Waals surface area contributed by atoms with Crippen molar-refractivity contribution in [1.29, 1.82) is 0 Å². The number of rotatable bonds is 4. The molecule has 0 amide bonds. The van der Waals surface area contributed by atoms with Gasteiger partial charge in [-0.15, -0.1) is 0 Å². The van der Waals surface area contributed by atoms with Crippen LogP contribution in [0.4, 0.5) is 4.39 Å². The molecular formula is C11H14FNO. The van der Waals surface area contributed by atoms with Gasteiger partial charge < -0.3 is 4.84 Å². The summed E-state index contributed by atoms with van der Waals surface area (Å²) in [6.45, 7) is 4.69. The van der Waals surface area contributed by atoms with Gasteiger partial charge in [0.05, 0.1) is 6.21 Å². The minimum atomic E-state index is -0.245. The maximum Gasteiger partial charge on any atom is 0.123 e. The molecule has 0 saturated heterocycles. The summed E-state index contributed by atoms with van der Waals surface area (Å²) in [5.41, 5.74) is 0.829. The first kappa shape index (κ1) is 10.7. The van der Waals surface area contributed by atoms with Crippen LogP contribution >= 0.6 is 0 Å².